The highest BCUT2D eigenvalue weighted by Gasteiger charge is 2.26. The minimum Gasteiger partial charge on any atom is -0.335 e. The first-order chi connectivity index (χ1) is 11.2. The molecule has 0 N–H and O–H groups in total. The lowest BCUT2D eigenvalue weighted by Gasteiger charge is -2.35. The fourth-order valence-corrected chi connectivity index (χ4v) is 2.96. The number of piperazine rings is 1. The summed E-state index contributed by atoms with van der Waals surface area (Å²) in [7, 11) is 0. The van der Waals surface area contributed by atoms with Crippen LogP contribution in [-0.4, -0.2) is 47.8 Å². The van der Waals surface area contributed by atoms with Crippen molar-refractivity contribution in [3.05, 3.63) is 65.7 Å². The van der Waals surface area contributed by atoms with Crippen LogP contribution in [0.1, 0.15) is 20.7 Å². The minimum atomic E-state index is -0.0255. The zero-order valence-electron chi connectivity index (χ0n) is 12.7. The number of carbonyl (C=O) groups excluding carboxylic acids is 2. The van der Waals surface area contributed by atoms with Crippen LogP contribution in [0.3, 0.4) is 0 Å². The van der Waals surface area contributed by atoms with Gasteiger partial charge in [-0.25, -0.2) is 0 Å². The molecule has 2 aromatic rings. The molecule has 1 heterocycles. The number of hydrogen-bond acceptors (Lipinski definition) is 3. The number of hydrogen-bond donors (Lipinski definition) is 1. The number of nitrogens with zero attached hydrogens (tertiary/aromatic N) is 2. The number of amides is 2. The normalized spacial score (nSPS) is 14.7. The highest BCUT2D eigenvalue weighted by Crippen LogP contribution is 2.17. The van der Waals surface area contributed by atoms with E-state index in [0.717, 1.165) is 0 Å². The molecule has 23 heavy (non-hydrogen) atoms. The van der Waals surface area contributed by atoms with Gasteiger partial charge in [-0.1, -0.05) is 30.3 Å². The van der Waals surface area contributed by atoms with Gasteiger partial charge in [0.15, 0.2) is 0 Å². The van der Waals surface area contributed by atoms with Crippen LogP contribution in [0.5, 0.6) is 0 Å². The van der Waals surface area contributed by atoms with Gasteiger partial charge in [0, 0.05) is 36.6 Å². The van der Waals surface area contributed by atoms with E-state index in [4.69, 9.17) is 0 Å². The maximum absolute atomic E-state index is 12.5. The molecule has 2 amide bonds. The third-order valence-electron chi connectivity index (χ3n) is 4.01. The Kier molecular flexibility index (Phi) is 4.67. The summed E-state index contributed by atoms with van der Waals surface area (Å²) in [5, 5.41) is 0. The zero-order chi connectivity index (χ0) is 16.2. The SMILES string of the molecule is O=C(c1ccccc1)N1CCN(C(=O)c2ccccc2S)CC1. The molecule has 0 aromatic heterocycles. The highest BCUT2D eigenvalue weighted by atomic mass is 32.1. The third-order valence-corrected chi connectivity index (χ3v) is 4.40. The summed E-state index contributed by atoms with van der Waals surface area (Å²) >= 11 is 4.34. The van der Waals surface area contributed by atoms with Crippen LogP contribution in [-0.2, 0) is 0 Å². The second-order valence-corrected chi connectivity index (χ2v) is 5.95. The van der Waals surface area contributed by atoms with Crippen molar-refractivity contribution >= 4 is 24.4 Å². The molecule has 1 aliphatic rings. The first kappa shape index (κ1) is 15.6. The number of benzene rings is 2. The molecule has 1 aliphatic heterocycles. The van der Waals surface area contributed by atoms with Crippen molar-refractivity contribution in [2.45, 2.75) is 4.90 Å². The van der Waals surface area contributed by atoms with Crippen molar-refractivity contribution in [3.8, 4) is 0 Å². The maximum atomic E-state index is 12.5. The maximum Gasteiger partial charge on any atom is 0.255 e. The van der Waals surface area contributed by atoms with Crippen LogP contribution in [0.4, 0.5) is 0 Å². The first-order valence-electron chi connectivity index (χ1n) is 7.58. The van der Waals surface area contributed by atoms with Crippen LogP contribution in [0.25, 0.3) is 0 Å². The first-order valence-corrected chi connectivity index (χ1v) is 8.03. The van der Waals surface area contributed by atoms with E-state index in [1.54, 1.807) is 15.9 Å². The molecule has 3 rings (SSSR count). The van der Waals surface area contributed by atoms with Gasteiger partial charge < -0.3 is 9.80 Å². The van der Waals surface area contributed by atoms with Gasteiger partial charge in [0.2, 0.25) is 0 Å². The van der Waals surface area contributed by atoms with Crippen LogP contribution in [0.15, 0.2) is 59.5 Å². The van der Waals surface area contributed by atoms with E-state index in [1.165, 1.54) is 0 Å². The van der Waals surface area contributed by atoms with Gasteiger partial charge in [-0.05, 0) is 24.3 Å². The van der Waals surface area contributed by atoms with Gasteiger partial charge in [-0.15, -0.1) is 12.6 Å². The van der Waals surface area contributed by atoms with E-state index < -0.39 is 0 Å². The average molecular weight is 326 g/mol. The molecule has 0 radical (unpaired) electrons. The Labute approximate surface area is 141 Å². The van der Waals surface area contributed by atoms with Gasteiger partial charge in [-0.2, -0.15) is 0 Å². The summed E-state index contributed by atoms with van der Waals surface area (Å²) in [6, 6.07) is 16.5. The Hall–Kier alpha value is -2.27. The molecule has 4 nitrogen and oxygen atoms in total. The van der Waals surface area contributed by atoms with Crippen LogP contribution >= 0.6 is 12.6 Å². The van der Waals surface area contributed by atoms with Gasteiger partial charge >= 0.3 is 0 Å². The molecular formula is C18H18N2O2S. The summed E-state index contributed by atoms with van der Waals surface area (Å²) in [6.45, 7) is 2.18. The van der Waals surface area contributed by atoms with Crippen molar-refractivity contribution in [2.24, 2.45) is 0 Å². The Morgan fingerprint density at radius 2 is 1.26 bits per heavy atom. The Morgan fingerprint density at radius 3 is 1.87 bits per heavy atom. The summed E-state index contributed by atoms with van der Waals surface area (Å²) in [5.74, 6) is -0.00490. The lowest BCUT2D eigenvalue weighted by Crippen LogP contribution is -2.50. The monoisotopic (exact) mass is 326 g/mol. The van der Waals surface area contributed by atoms with Gasteiger partial charge in [0.1, 0.15) is 0 Å². The zero-order valence-corrected chi connectivity index (χ0v) is 13.6. The fraction of sp³-hybridized carbons (Fsp3) is 0.222. The van der Waals surface area contributed by atoms with Crippen molar-refractivity contribution in [2.75, 3.05) is 26.2 Å². The van der Waals surface area contributed by atoms with Crippen molar-refractivity contribution in [1.82, 2.24) is 9.80 Å². The minimum absolute atomic E-state index is 0.0206. The summed E-state index contributed by atoms with van der Waals surface area (Å²) in [6.07, 6.45) is 0. The second-order valence-electron chi connectivity index (χ2n) is 5.47. The number of thiol groups is 1. The smallest absolute Gasteiger partial charge is 0.255 e. The topological polar surface area (TPSA) is 40.6 Å². The quantitative estimate of drug-likeness (QED) is 0.862. The molecule has 0 spiro atoms. The lowest BCUT2D eigenvalue weighted by atomic mass is 10.1. The van der Waals surface area contributed by atoms with Gasteiger partial charge in [-0.3, -0.25) is 9.59 Å². The summed E-state index contributed by atoms with van der Waals surface area (Å²) in [4.78, 5) is 29.2. The predicted octanol–water partition coefficient (Wildman–Crippen LogP) is 2.57. The largest absolute Gasteiger partial charge is 0.335 e. The molecule has 0 saturated carbocycles. The summed E-state index contributed by atoms with van der Waals surface area (Å²) < 4.78 is 0. The molecular weight excluding hydrogens is 308 g/mol. The van der Waals surface area contributed by atoms with Crippen LogP contribution in [0.2, 0.25) is 0 Å². The van der Waals surface area contributed by atoms with Crippen molar-refractivity contribution in [3.63, 3.8) is 0 Å². The molecule has 1 fully saturated rings. The number of rotatable bonds is 2. The lowest BCUT2D eigenvalue weighted by molar-refractivity contribution is 0.0533. The molecule has 0 aliphatic carbocycles. The Bertz CT molecular complexity index is 710. The van der Waals surface area contributed by atoms with E-state index in [2.05, 4.69) is 12.6 Å². The van der Waals surface area contributed by atoms with Gasteiger partial charge in [0.05, 0.1) is 5.56 Å². The van der Waals surface area contributed by atoms with Crippen molar-refractivity contribution < 1.29 is 9.59 Å². The van der Waals surface area contributed by atoms with Crippen LogP contribution < -0.4 is 0 Å². The predicted molar refractivity (Wildman–Crippen MR) is 91.9 cm³/mol. The van der Waals surface area contributed by atoms with E-state index in [0.29, 0.717) is 42.2 Å². The van der Waals surface area contributed by atoms with Crippen LogP contribution in [0, 0.1) is 0 Å². The molecule has 0 bridgehead atoms. The fourth-order valence-electron chi connectivity index (χ4n) is 2.70. The van der Waals surface area contributed by atoms with E-state index in [1.807, 2.05) is 48.5 Å². The van der Waals surface area contributed by atoms with E-state index >= 15 is 0 Å². The highest BCUT2D eigenvalue weighted by molar-refractivity contribution is 7.80. The standard InChI is InChI=1S/C18H18N2O2S/c21-17(14-6-2-1-3-7-14)19-10-12-20(13-11-19)18(22)15-8-4-5-9-16(15)23/h1-9,23H,10-13H2. The molecule has 5 heteroatoms. The average Bonchev–Trinajstić information content (AvgIpc) is 2.62. The third kappa shape index (κ3) is 3.40. The molecule has 1 saturated heterocycles. The van der Waals surface area contributed by atoms with E-state index in [-0.39, 0.29) is 11.8 Å². The van der Waals surface area contributed by atoms with E-state index in [9.17, 15) is 9.59 Å². The summed E-state index contributed by atoms with van der Waals surface area (Å²) in [5.41, 5.74) is 1.30. The van der Waals surface area contributed by atoms with Gasteiger partial charge in [0.25, 0.3) is 11.8 Å². The number of carbonyl (C=O) groups is 2. The molecule has 118 valence electrons. The molecule has 0 atom stereocenters. The molecule has 0 unspecified atom stereocenters. The van der Waals surface area contributed by atoms with Crippen molar-refractivity contribution in [1.29, 1.82) is 0 Å². The second kappa shape index (κ2) is 6.87. The Morgan fingerprint density at radius 1 is 0.739 bits per heavy atom. The Balaban J connectivity index is 1.64. The molecule has 2 aromatic carbocycles.